The third-order valence-corrected chi connectivity index (χ3v) is 7.22. The van der Waals surface area contributed by atoms with Crippen LogP contribution in [0.3, 0.4) is 0 Å². The van der Waals surface area contributed by atoms with E-state index in [9.17, 15) is 9.59 Å². The van der Waals surface area contributed by atoms with Crippen LogP contribution in [0.2, 0.25) is 0 Å². The molecule has 1 saturated carbocycles. The first kappa shape index (κ1) is 21.0. The normalized spacial score (nSPS) is 21.8. The molecule has 1 atom stereocenters. The molecule has 1 aliphatic carbocycles. The minimum atomic E-state index is -0.171. The molecule has 0 bridgehead atoms. The van der Waals surface area contributed by atoms with Crippen LogP contribution in [0.1, 0.15) is 84.1 Å². The molecule has 32 heavy (non-hydrogen) atoms. The molecule has 2 aliphatic heterocycles. The number of anilines is 1. The van der Waals surface area contributed by atoms with Crippen LogP contribution in [0, 0.1) is 19.8 Å². The number of hydrogen-bond acceptors (Lipinski definition) is 7. The van der Waals surface area contributed by atoms with Gasteiger partial charge in [0.05, 0.1) is 0 Å². The van der Waals surface area contributed by atoms with Crippen LogP contribution in [0.15, 0.2) is 4.63 Å². The molecular formula is C23H30N6O3. The van der Waals surface area contributed by atoms with Crippen molar-refractivity contribution in [3.63, 3.8) is 0 Å². The van der Waals surface area contributed by atoms with E-state index < -0.39 is 0 Å². The maximum atomic E-state index is 12.9. The first-order valence-corrected chi connectivity index (χ1v) is 11.8. The van der Waals surface area contributed by atoms with Crippen molar-refractivity contribution in [1.29, 1.82) is 0 Å². The summed E-state index contributed by atoms with van der Waals surface area (Å²) in [6.07, 6.45) is 8.19. The number of nitrogens with zero attached hydrogens (tertiary/aromatic N) is 6. The van der Waals surface area contributed by atoms with Gasteiger partial charge in [0.2, 0.25) is 5.91 Å². The van der Waals surface area contributed by atoms with Crippen molar-refractivity contribution < 1.29 is 14.2 Å². The molecule has 9 nitrogen and oxygen atoms in total. The average molecular weight is 439 g/mol. The van der Waals surface area contributed by atoms with E-state index in [0.717, 1.165) is 35.9 Å². The number of fused-ring (bicyclic) bond motifs is 1. The second-order valence-corrected chi connectivity index (χ2v) is 9.41. The molecule has 170 valence electrons. The van der Waals surface area contributed by atoms with Crippen LogP contribution in [0.4, 0.5) is 5.82 Å². The summed E-state index contributed by atoms with van der Waals surface area (Å²) < 4.78 is 4.69. The zero-order chi connectivity index (χ0) is 22.2. The number of likely N-dealkylation sites (tertiary alicyclic amines) is 1. The number of hydrogen-bond donors (Lipinski definition) is 0. The Balaban J connectivity index is 1.38. The van der Waals surface area contributed by atoms with Crippen LogP contribution >= 0.6 is 0 Å². The largest absolute Gasteiger partial charge is 0.336 e. The molecular weight excluding hydrogens is 408 g/mol. The molecule has 3 aliphatic rings. The predicted octanol–water partition coefficient (Wildman–Crippen LogP) is 2.97. The van der Waals surface area contributed by atoms with Gasteiger partial charge in [-0.2, -0.15) is 0 Å². The fourth-order valence-corrected chi connectivity index (χ4v) is 5.33. The van der Waals surface area contributed by atoms with Crippen molar-refractivity contribution >= 4 is 17.6 Å². The zero-order valence-corrected chi connectivity index (χ0v) is 18.8. The molecule has 0 aromatic carbocycles. The Morgan fingerprint density at radius 3 is 2.59 bits per heavy atom. The summed E-state index contributed by atoms with van der Waals surface area (Å²) in [4.78, 5) is 39.1. The topological polar surface area (TPSA) is 105 Å². The number of rotatable bonds is 4. The van der Waals surface area contributed by atoms with Crippen LogP contribution in [-0.2, 0) is 11.2 Å². The molecule has 0 spiro atoms. The number of amides is 2. The van der Waals surface area contributed by atoms with E-state index >= 15 is 0 Å². The van der Waals surface area contributed by atoms with Crippen LogP contribution < -0.4 is 4.90 Å². The van der Waals surface area contributed by atoms with E-state index in [-0.39, 0.29) is 23.4 Å². The quantitative estimate of drug-likeness (QED) is 0.722. The SMILES string of the molecule is Cc1nonc1C(=O)N1CC[C@@H](c2nc(C)c3c(n2)N(CC2CCCCC2)C(=O)CC3)C1. The van der Waals surface area contributed by atoms with Crippen molar-refractivity contribution in [3.8, 4) is 0 Å². The van der Waals surface area contributed by atoms with E-state index in [1.807, 2.05) is 11.8 Å². The number of aromatic nitrogens is 4. The van der Waals surface area contributed by atoms with Crippen molar-refractivity contribution in [1.82, 2.24) is 25.2 Å². The first-order chi connectivity index (χ1) is 15.5. The Kier molecular flexibility index (Phi) is 5.65. The molecule has 9 heteroatoms. The fraction of sp³-hybridized carbons (Fsp3) is 0.652. The molecule has 5 rings (SSSR count). The molecule has 4 heterocycles. The van der Waals surface area contributed by atoms with Gasteiger partial charge in [0, 0.05) is 43.2 Å². The molecule has 1 saturated heterocycles. The molecule has 2 fully saturated rings. The molecule has 2 aromatic rings. The standard InChI is InChI=1S/C23H30N6O3/c1-14-18-8-9-19(30)29(12-16-6-4-3-5-7-16)22(18)25-21(24-14)17-10-11-28(13-17)23(31)20-15(2)26-32-27-20/h16-17H,3-13H2,1-2H3/t17-/m1/s1. The first-order valence-electron chi connectivity index (χ1n) is 11.8. The zero-order valence-electron chi connectivity index (χ0n) is 18.8. The Labute approximate surface area is 187 Å². The molecule has 2 amide bonds. The third-order valence-electron chi connectivity index (χ3n) is 7.22. The van der Waals surface area contributed by atoms with Gasteiger partial charge < -0.3 is 4.90 Å². The molecule has 0 unspecified atom stereocenters. The summed E-state index contributed by atoms with van der Waals surface area (Å²) >= 11 is 0. The maximum Gasteiger partial charge on any atom is 0.278 e. The lowest BCUT2D eigenvalue weighted by molar-refractivity contribution is -0.119. The lowest BCUT2D eigenvalue weighted by Gasteiger charge is -2.33. The predicted molar refractivity (Wildman–Crippen MR) is 116 cm³/mol. The van der Waals surface area contributed by atoms with E-state index in [0.29, 0.717) is 37.5 Å². The Hall–Kier alpha value is -2.84. The van der Waals surface area contributed by atoms with Crippen molar-refractivity contribution in [2.75, 3.05) is 24.5 Å². The third kappa shape index (κ3) is 3.89. The van der Waals surface area contributed by atoms with Gasteiger partial charge in [-0.25, -0.2) is 14.6 Å². The second-order valence-electron chi connectivity index (χ2n) is 9.41. The lowest BCUT2D eigenvalue weighted by atomic mass is 9.88. The summed E-state index contributed by atoms with van der Waals surface area (Å²) in [7, 11) is 0. The number of carbonyl (C=O) groups excluding carboxylic acids is 2. The van der Waals surface area contributed by atoms with Gasteiger partial charge in [-0.05, 0) is 50.6 Å². The minimum Gasteiger partial charge on any atom is -0.336 e. The van der Waals surface area contributed by atoms with Gasteiger partial charge >= 0.3 is 0 Å². The highest BCUT2D eigenvalue weighted by Gasteiger charge is 2.35. The van der Waals surface area contributed by atoms with E-state index in [1.54, 1.807) is 11.8 Å². The van der Waals surface area contributed by atoms with Gasteiger partial charge in [-0.3, -0.25) is 14.5 Å². The second kappa shape index (κ2) is 8.60. The molecule has 2 aromatic heterocycles. The van der Waals surface area contributed by atoms with Crippen LogP contribution in [0.5, 0.6) is 0 Å². The molecule has 0 N–H and O–H groups in total. The summed E-state index contributed by atoms with van der Waals surface area (Å²) in [6.45, 7) is 5.63. The summed E-state index contributed by atoms with van der Waals surface area (Å²) in [5.74, 6) is 2.12. The van der Waals surface area contributed by atoms with Gasteiger partial charge in [0.25, 0.3) is 5.91 Å². The molecule has 0 radical (unpaired) electrons. The van der Waals surface area contributed by atoms with Crippen LogP contribution in [0.25, 0.3) is 0 Å². The van der Waals surface area contributed by atoms with Gasteiger partial charge in [-0.15, -0.1) is 0 Å². The van der Waals surface area contributed by atoms with E-state index in [2.05, 4.69) is 14.9 Å². The van der Waals surface area contributed by atoms with Crippen molar-refractivity contribution in [2.24, 2.45) is 5.92 Å². The average Bonchev–Trinajstić information content (AvgIpc) is 3.45. The maximum absolute atomic E-state index is 12.9. The van der Waals surface area contributed by atoms with E-state index in [4.69, 9.17) is 9.97 Å². The van der Waals surface area contributed by atoms with Gasteiger partial charge in [0.1, 0.15) is 17.3 Å². The van der Waals surface area contributed by atoms with Gasteiger partial charge in [0.15, 0.2) is 5.69 Å². The highest BCUT2D eigenvalue weighted by Crippen LogP contribution is 2.34. The van der Waals surface area contributed by atoms with Crippen LogP contribution in [-0.4, -0.2) is 56.6 Å². The number of carbonyl (C=O) groups is 2. The van der Waals surface area contributed by atoms with E-state index in [1.165, 1.54) is 32.1 Å². The summed E-state index contributed by atoms with van der Waals surface area (Å²) in [5.41, 5.74) is 2.81. The van der Waals surface area contributed by atoms with Crippen molar-refractivity contribution in [3.05, 3.63) is 28.5 Å². The Bertz CT molecular complexity index is 1030. The fourth-order valence-electron chi connectivity index (χ4n) is 5.33. The highest BCUT2D eigenvalue weighted by molar-refractivity contribution is 5.95. The minimum absolute atomic E-state index is 0.0386. The monoisotopic (exact) mass is 438 g/mol. The summed E-state index contributed by atoms with van der Waals surface area (Å²) in [6, 6.07) is 0. The number of aryl methyl sites for hydroxylation is 2. The highest BCUT2D eigenvalue weighted by atomic mass is 16.6. The van der Waals surface area contributed by atoms with Crippen molar-refractivity contribution in [2.45, 2.75) is 71.1 Å². The Morgan fingerprint density at radius 2 is 1.84 bits per heavy atom. The summed E-state index contributed by atoms with van der Waals surface area (Å²) in [5, 5.41) is 7.46. The lowest BCUT2D eigenvalue weighted by Crippen LogP contribution is -2.40. The Morgan fingerprint density at radius 1 is 1.03 bits per heavy atom. The smallest absolute Gasteiger partial charge is 0.278 e. The van der Waals surface area contributed by atoms with Gasteiger partial charge in [-0.1, -0.05) is 24.4 Å².